The van der Waals surface area contributed by atoms with Crippen LogP contribution < -0.4 is 0 Å². The van der Waals surface area contributed by atoms with Crippen molar-refractivity contribution in [2.75, 3.05) is 7.11 Å². The third-order valence-corrected chi connectivity index (χ3v) is 2.29. The number of benzene rings is 1. The van der Waals surface area contributed by atoms with Gasteiger partial charge in [-0.1, -0.05) is 29.3 Å². The SMILES string of the molecule is COC(=N)C(O)c1ccc(Cl)cc1Cl.Cl. The second-order valence-corrected chi connectivity index (χ2v) is 3.48. The van der Waals surface area contributed by atoms with Crippen LogP contribution in [0.5, 0.6) is 0 Å². The second kappa shape index (κ2) is 6.18. The molecule has 1 atom stereocenters. The Kier molecular flexibility index (Phi) is 5.98. The van der Waals surface area contributed by atoms with Crippen LogP contribution in [0.25, 0.3) is 0 Å². The lowest BCUT2D eigenvalue weighted by atomic mass is 10.1. The molecule has 0 saturated carbocycles. The summed E-state index contributed by atoms with van der Waals surface area (Å²) in [7, 11) is 1.31. The van der Waals surface area contributed by atoms with Gasteiger partial charge in [0.05, 0.1) is 7.11 Å². The molecule has 1 aromatic rings. The summed E-state index contributed by atoms with van der Waals surface area (Å²) in [6, 6.07) is 4.66. The van der Waals surface area contributed by atoms with Gasteiger partial charge in [0.2, 0.25) is 5.90 Å². The maximum absolute atomic E-state index is 9.58. The molecule has 0 aliphatic carbocycles. The minimum Gasteiger partial charge on any atom is -0.482 e. The van der Waals surface area contributed by atoms with Gasteiger partial charge in [0.15, 0.2) is 6.10 Å². The Bertz CT molecular complexity index is 357. The van der Waals surface area contributed by atoms with Crippen LogP contribution in [0.4, 0.5) is 0 Å². The van der Waals surface area contributed by atoms with E-state index in [4.69, 9.17) is 28.6 Å². The quantitative estimate of drug-likeness (QED) is 0.641. The van der Waals surface area contributed by atoms with Gasteiger partial charge >= 0.3 is 0 Å². The number of aliphatic hydroxyl groups excluding tert-OH is 1. The van der Waals surface area contributed by atoms with Crippen molar-refractivity contribution in [3.8, 4) is 0 Å². The maximum Gasteiger partial charge on any atom is 0.214 e. The lowest BCUT2D eigenvalue weighted by molar-refractivity contribution is 0.205. The number of halogens is 3. The number of nitrogens with one attached hydrogen (secondary N) is 1. The summed E-state index contributed by atoms with van der Waals surface area (Å²) in [6.45, 7) is 0. The van der Waals surface area contributed by atoms with Crippen molar-refractivity contribution < 1.29 is 9.84 Å². The summed E-state index contributed by atoms with van der Waals surface area (Å²) >= 11 is 11.5. The molecule has 1 unspecified atom stereocenters. The van der Waals surface area contributed by atoms with Crippen LogP contribution in [0.2, 0.25) is 10.0 Å². The van der Waals surface area contributed by atoms with Gasteiger partial charge in [-0.3, -0.25) is 5.41 Å². The first-order chi connectivity index (χ1) is 6.56. The fourth-order valence-corrected chi connectivity index (χ4v) is 1.49. The summed E-state index contributed by atoms with van der Waals surface area (Å²) < 4.78 is 4.59. The largest absolute Gasteiger partial charge is 0.482 e. The van der Waals surface area contributed by atoms with Crippen molar-refractivity contribution in [1.29, 1.82) is 5.41 Å². The van der Waals surface area contributed by atoms with E-state index in [1.807, 2.05) is 0 Å². The van der Waals surface area contributed by atoms with E-state index in [1.165, 1.54) is 13.2 Å². The van der Waals surface area contributed by atoms with Crippen LogP contribution in [0, 0.1) is 5.41 Å². The highest BCUT2D eigenvalue weighted by Gasteiger charge is 2.17. The van der Waals surface area contributed by atoms with Crippen molar-refractivity contribution in [3.05, 3.63) is 33.8 Å². The molecular formula is C9H10Cl3NO2. The number of methoxy groups -OCH3 is 1. The minimum atomic E-state index is -1.15. The van der Waals surface area contributed by atoms with Crippen molar-refractivity contribution in [2.45, 2.75) is 6.10 Å². The molecule has 0 saturated heterocycles. The highest BCUT2D eigenvalue weighted by atomic mass is 35.5. The first kappa shape index (κ1) is 14.5. The maximum atomic E-state index is 9.58. The van der Waals surface area contributed by atoms with Crippen LogP contribution in [0.3, 0.4) is 0 Å². The van der Waals surface area contributed by atoms with Crippen LogP contribution in [0.1, 0.15) is 11.7 Å². The molecule has 0 amide bonds. The van der Waals surface area contributed by atoms with Gasteiger partial charge in [-0.25, -0.2) is 0 Å². The fourth-order valence-electron chi connectivity index (χ4n) is 0.976. The Labute approximate surface area is 104 Å². The average Bonchev–Trinajstić information content (AvgIpc) is 2.15. The average molecular weight is 271 g/mol. The number of aliphatic hydroxyl groups is 1. The first-order valence-electron chi connectivity index (χ1n) is 3.81. The summed E-state index contributed by atoms with van der Waals surface area (Å²) in [5.74, 6) is -0.255. The highest BCUT2D eigenvalue weighted by molar-refractivity contribution is 6.35. The zero-order valence-corrected chi connectivity index (χ0v) is 10.2. The van der Waals surface area contributed by atoms with Gasteiger partial charge in [-0.15, -0.1) is 12.4 Å². The van der Waals surface area contributed by atoms with Crippen molar-refractivity contribution in [3.63, 3.8) is 0 Å². The zero-order valence-electron chi connectivity index (χ0n) is 7.83. The standard InChI is InChI=1S/C9H9Cl2NO2.ClH/c1-14-9(12)8(13)6-3-2-5(10)4-7(6)11;/h2-4,8,12-13H,1H3;1H. The third-order valence-electron chi connectivity index (χ3n) is 1.73. The van der Waals surface area contributed by atoms with Crippen molar-refractivity contribution >= 4 is 41.5 Å². The summed E-state index contributed by atoms with van der Waals surface area (Å²) in [6.07, 6.45) is -1.15. The molecule has 2 N–H and O–H groups in total. The predicted octanol–water partition coefficient (Wildman–Crippen LogP) is 3.07. The molecule has 1 aromatic carbocycles. The molecule has 0 spiro atoms. The van der Waals surface area contributed by atoms with Crippen LogP contribution in [0.15, 0.2) is 18.2 Å². The molecule has 1 rings (SSSR count). The number of rotatable bonds is 2. The Morgan fingerprint density at radius 3 is 2.53 bits per heavy atom. The predicted molar refractivity (Wildman–Crippen MR) is 63.4 cm³/mol. The Morgan fingerprint density at radius 2 is 2.07 bits per heavy atom. The molecule has 0 heterocycles. The van der Waals surface area contributed by atoms with Crippen molar-refractivity contribution in [1.82, 2.24) is 0 Å². The van der Waals surface area contributed by atoms with E-state index >= 15 is 0 Å². The second-order valence-electron chi connectivity index (χ2n) is 2.64. The van der Waals surface area contributed by atoms with E-state index in [9.17, 15) is 5.11 Å². The normalized spacial score (nSPS) is 11.5. The van der Waals surface area contributed by atoms with E-state index in [-0.39, 0.29) is 18.3 Å². The van der Waals surface area contributed by atoms with Gasteiger partial charge in [-0.05, 0) is 12.1 Å². The summed E-state index contributed by atoms with van der Waals surface area (Å²) in [5, 5.41) is 17.6. The molecule has 0 bridgehead atoms. The zero-order chi connectivity index (χ0) is 10.7. The Balaban J connectivity index is 0.00000196. The van der Waals surface area contributed by atoms with E-state index in [0.29, 0.717) is 15.6 Å². The smallest absolute Gasteiger partial charge is 0.214 e. The molecule has 6 heteroatoms. The number of ether oxygens (including phenoxy) is 1. The molecule has 0 aliphatic heterocycles. The summed E-state index contributed by atoms with van der Waals surface area (Å²) in [4.78, 5) is 0. The topological polar surface area (TPSA) is 53.3 Å². The lowest BCUT2D eigenvalue weighted by Crippen LogP contribution is -2.12. The molecule has 3 nitrogen and oxygen atoms in total. The molecule has 0 aromatic heterocycles. The van der Waals surface area contributed by atoms with E-state index in [0.717, 1.165) is 0 Å². The number of hydrogen-bond acceptors (Lipinski definition) is 3. The van der Waals surface area contributed by atoms with E-state index in [1.54, 1.807) is 12.1 Å². The molecule has 0 radical (unpaired) electrons. The Hall–Kier alpha value is -0.480. The van der Waals surface area contributed by atoms with Crippen LogP contribution >= 0.6 is 35.6 Å². The molecule has 0 aliphatic rings. The molecule has 0 fully saturated rings. The van der Waals surface area contributed by atoms with E-state index in [2.05, 4.69) is 4.74 Å². The monoisotopic (exact) mass is 269 g/mol. The number of hydrogen-bond donors (Lipinski definition) is 2. The molecule has 84 valence electrons. The molecular weight excluding hydrogens is 260 g/mol. The minimum absolute atomic E-state index is 0. The molecule has 15 heavy (non-hydrogen) atoms. The van der Waals surface area contributed by atoms with Gasteiger partial charge < -0.3 is 9.84 Å². The van der Waals surface area contributed by atoms with Crippen LogP contribution in [-0.2, 0) is 4.74 Å². The third kappa shape index (κ3) is 3.54. The van der Waals surface area contributed by atoms with Crippen molar-refractivity contribution in [2.24, 2.45) is 0 Å². The van der Waals surface area contributed by atoms with E-state index < -0.39 is 6.10 Å². The Morgan fingerprint density at radius 1 is 1.47 bits per heavy atom. The highest BCUT2D eigenvalue weighted by Crippen LogP contribution is 2.26. The van der Waals surface area contributed by atoms with Gasteiger partial charge in [0.25, 0.3) is 0 Å². The van der Waals surface area contributed by atoms with Gasteiger partial charge in [0, 0.05) is 15.6 Å². The first-order valence-corrected chi connectivity index (χ1v) is 4.57. The fraction of sp³-hybridized carbons (Fsp3) is 0.222. The van der Waals surface area contributed by atoms with Gasteiger partial charge in [0.1, 0.15) is 0 Å². The lowest BCUT2D eigenvalue weighted by Gasteiger charge is -2.12. The summed E-state index contributed by atoms with van der Waals surface area (Å²) in [5.41, 5.74) is 0.405. The van der Waals surface area contributed by atoms with Gasteiger partial charge in [-0.2, -0.15) is 0 Å². The van der Waals surface area contributed by atoms with Crippen LogP contribution in [-0.4, -0.2) is 18.1 Å².